The van der Waals surface area contributed by atoms with Crippen molar-refractivity contribution < 1.29 is 0 Å². The van der Waals surface area contributed by atoms with Crippen LogP contribution >= 0.6 is 23.7 Å². The first-order valence-corrected chi connectivity index (χ1v) is 3.92. The molecule has 0 saturated heterocycles. The van der Waals surface area contributed by atoms with Crippen LogP contribution in [-0.2, 0) is 0 Å². The van der Waals surface area contributed by atoms with Crippen LogP contribution in [0.1, 0.15) is 25.1 Å². The van der Waals surface area contributed by atoms with Crippen molar-refractivity contribution in [1.29, 1.82) is 0 Å². The summed E-state index contributed by atoms with van der Waals surface area (Å²) in [6.45, 7) is 2.06. The summed E-state index contributed by atoms with van der Waals surface area (Å²) in [6, 6.07) is 0.135. The maximum Gasteiger partial charge on any atom is 0.0795 e. The fourth-order valence-electron chi connectivity index (χ4n) is 0.614. The Hall–Kier alpha value is -0.120. The second-order valence-electron chi connectivity index (χ2n) is 1.93. The van der Waals surface area contributed by atoms with Gasteiger partial charge in [0.05, 0.1) is 11.2 Å². The molecule has 2 nitrogen and oxygen atoms in total. The maximum atomic E-state index is 5.68. The normalized spacial score (nSPS) is 12.2. The van der Waals surface area contributed by atoms with E-state index in [0.29, 0.717) is 0 Å². The van der Waals surface area contributed by atoms with E-state index in [2.05, 4.69) is 11.9 Å². The number of hydrogen-bond acceptors (Lipinski definition) is 3. The standard InChI is InChI=1S/C6H10N2S.ClH/c1-2-5(7)6-3-9-4-8-6;/h3-5H,2,7H2,1H3;1H/t5-;/m0./s1. The molecule has 1 rings (SSSR count). The van der Waals surface area contributed by atoms with E-state index < -0.39 is 0 Å². The Morgan fingerprint density at radius 2 is 2.50 bits per heavy atom. The highest BCUT2D eigenvalue weighted by molar-refractivity contribution is 7.07. The van der Waals surface area contributed by atoms with Gasteiger partial charge in [-0.2, -0.15) is 0 Å². The zero-order valence-electron chi connectivity index (χ0n) is 5.78. The lowest BCUT2D eigenvalue weighted by atomic mass is 10.2. The molecule has 10 heavy (non-hydrogen) atoms. The average molecular weight is 179 g/mol. The first kappa shape index (κ1) is 9.88. The highest BCUT2D eigenvalue weighted by atomic mass is 35.5. The van der Waals surface area contributed by atoms with Gasteiger partial charge in [-0.3, -0.25) is 0 Å². The summed E-state index contributed by atoms with van der Waals surface area (Å²) in [5.74, 6) is 0. The fraction of sp³-hybridized carbons (Fsp3) is 0.500. The van der Waals surface area contributed by atoms with Crippen LogP contribution in [0, 0.1) is 0 Å². The van der Waals surface area contributed by atoms with Crippen molar-refractivity contribution in [2.45, 2.75) is 19.4 Å². The Kier molecular flexibility index (Phi) is 4.60. The molecule has 0 aliphatic heterocycles. The van der Waals surface area contributed by atoms with Crippen molar-refractivity contribution in [3.63, 3.8) is 0 Å². The molecule has 0 aliphatic rings. The van der Waals surface area contributed by atoms with Crippen LogP contribution in [0.25, 0.3) is 0 Å². The molecule has 4 heteroatoms. The van der Waals surface area contributed by atoms with Crippen LogP contribution in [0.2, 0.25) is 0 Å². The van der Waals surface area contributed by atoms with Crippen molar-refractivity contribution in [2.24, 2.45) is 5.73 Å². The molecular weight excluding hydrogens is 168 g/mol. The maximum absolute atomic E-state index is 5.68. The average Bonchev–Trinajstić information content (AvgIpc) is 2.37. The highest BCUT2D eigenvalue weighted by Gasteiger charge is 2.02. The minimum absolute atomic E-state index is 0. The predicted octanol–water partition coefficient (Wildman–Crippen LogP) is 1.97. The Labute approximate surface area is 70.9 Å². The van der Waals surface area contributed by atoms with Gasteiger partial charge in [-0.1, -0.05) is 6.92 Å². The van der Waals surface area contributed by atoms with E-state index in [1.807, 2.05) is 10.9 Å². The molecule has 0 unspecified atom stereocenters. The number of hydrogen-bond donors (Lipinski definition) is 1. The summed E-state index contributed by atoms with van der Waals surface area (Å²) in [5.41, 5.74) is 8.51. The molecular formula is C6H11ClN2S. The lowest BCUT2D eigenvalue weighted by Crippen LogP contribution is -2.08. The zero-order chi connectivity index (χ0) is 6.69. The van der Waals surface area contributed by atoms with E-state index in [1.54, 1.807) is 11.3 Å². The number of rotatable bonds is 2. The van der Waals surface area contributed by atoms with E-state index >= 15 is 0 Å². The number of aromatic nitrogens is 1. The van der Waals surface area contributed by atoms with Gasteiger partial charge in [0.1, 0.15) is 0 Å². The molecule has 0 bridgehead atoms. The first-order valence-electron chi connectivity index (χ1n) is 2.98. The van der Waals surface area contributed by atoms with Gasteiger partial charge in [-0.15, -0.1) is 23.7 Å². The van der Waals surface area contributed by atoms with Gasteiger partial charge >= 0.3 is 0 Å². The smallest absolute Gasteiger partial charge is 0.0795 e. The monoisotopic (exact) mass is 178 g/mol. The molecule has 0 spiro atoms. The molecule has 0 aliphatic carbocycles. The van der Waals surface area contributed by atoms with E-state index in [0.717, 1.165) is 12.1 Å². The van der Waals surface area contributed by atoms with Crippen LogP contribution in [0.4, 0.5) is 0 Å². The molecule has 0 saturated carbocycles. The second-order valence-corrected chi connectivity index (χ2v) is 2.65. The van der Waals surface area contributed by atoms with Crippen LogP contribution in [-0.4, -0.2) is 4.98 Å². The molecule has 1 aromatic heterocycles. The number of halogens is 1. The predicted molar refractivity (Wildman–Crippen MR) is 46.6 cm³/mol. The third-order valence-electron chi connectivity index (χ3n) is 1.27. The minimum Gasteiger partial charge on any atom is -0.323 e. The summed E-state index contributed by atoms with van der Waals surface area (Å²) in [4.78, 5) is 4.08. The van der Waals surface area contributed by atoms with Crippen LogP contribution < -0.4 is 5.73 Å². The zero-order valence-corrected chi connectivity index (χ0v) is 7.41. The van der Waals surface area contributed by atoms with Crippen LogP contribution in [0.15, 0.2) is 10.9 Å². The Balaban J connectivity index is 0.000000810. The van der Waals surface area contributed by atoms with Gasteiger partial charge in [0.25, 0.3) is 0 Å². The lowest BCUT2D eigenvalue weighted by molar-refractivity contribution is 0.680. The van der Waals surface area contributed by atoms with Crippen molar-refractivity contribution in [3.8, 4) is 0 Å². The molecule has 58 valence electrons. The lowest BCUT2D eigenvalue weighted by Gasteiger charge is -2.01. The second kappa shape index (κ2) is 4.66. The van der Waals surface area contributed by atoms with Gasteiger partial charge in [0.15, 0.2) is 0 Å². The Bertz CT molecular complexity index is 164. The molecule has 0 fully saturated rings. The molecule has 2 N–H and O–H groups in total. The summed E-state index contributed by atoms with van der Waals surface area (Å²) < 4.78 is 0. The molecule has 1 heterocycles. The van der Waals surface area contributed by atoms with Crippen molar-refractivity contribution in [3.05, 3.63) is 16.6 Å². The van der Waals surface area contributed by atoms with Gasteiger partial charge < -0.3 is 5.73 Å². The van der Waals surface area contributed by atoms with Gasteiger partial charge in [0, 0.05) is 11.4 Å². The number of thiazole rings is 1. The fourth-order valence-corrected chi connectivity index (χ4v) is 1.23. The highest BCUT2D eigenvalue weighted by Crippen LogP contribution is 2.12. The SMILES string of the molecule is CC[C@H](N)c1cscn1.Cl. The molecule has 0 amide bonds. The van der Waals surface area contributed by atoms with E-state index in [4.69, 9.17) is 5.73 Å². The quantitative estimate of drug-likeness (QED) is 0.752. The van der Waals surface area contributed by atoms with E-state index in [9.17, 15) is 0 Å². The van der Waals surface area contributed by atoms with E-state index in [-0.39, 0.29) is 18.4 Å². The van der Waals surface area contributed by atoms with Crippen molar-refractivity contribution in [2.75, 3.05) is 0 Å². The third kappa shape index (κ3) is 2.25. The minimum atomic E-state index is 0. The van der Waals surface area contributed by atoms with Gasteiger partial charge in [0.2, 0.25) is 0 Å². The van der Waals surface area contributed by atoms with E-state index in [1.165, 1.54) is 0 Å². The number of nitrogens with zero attached hydrogens (tertiary/aromatic N) is 1. The summed E-state index contributed by atoms with van der Waals surface area (Å²) in [6.07, 6.45) is 0.962. The molecule has 1 aromatic rings. The topological polar surface area (TPSA) is 38.9 Å². The summed E-state index contributed by atoms with van der Waals surface area (Å²) >= 11 is 1.59. The summed E-state index contributed by atoms with van der Waals surface area (Å²) in [7, 11) is 0. The summed E-state index contributed by atoms with van der Waals surface area (Å²) in [5, 5.41) is 1.99. The Morgan fingerprint density at radius 3 is 2.90 bits per heavy atom. The van der Waals surface area contributed by atoms with Crippen molar-refractivity contribution >= 4 is 23.7 Å². The Morgan fingerprint density at radius 1 is 1.80 bits per heavy atom. The van der Waals surface area contributed by atoms with Gasteiger partial charge in [-0.25, -0.2) is 4.98 Å². The van der Waals surface area contributed by atoms with Crippen molar-refractivity contribution in [1.82, 2.24) is 4.98 Å². The largest absolute Gasteiger partial charge is 0.323 e. The van der Waals surface area contributed by atoms with Crippen LogP contribution in [0.3, 0.4) is 0 Å². The first-order chi connectivity index (χ1) is 4.34. The molecule has 0 aromatic carbocycles. The molecule has 1 atom stereocenters. The van der Waals surface area contributed by atoms with Crippen LogP contribution in [0.5, 0.6) is 0 Å². The molecule has 0 radical (unpaired) electrons. The third-order valence-corrected chi connectivity index (χ3v) is 1.88. The number of nitrogens with two attached hydrogens (primary N) is 1. The van der Waals surface area contributed by atoms with Gasteiger partial charge in [-0.05, 0) is 6.42 Å².